The van der Waals surface area contributed by atoms with Gasteiger partial charge in [-0.2, -0.15) is 0 Å². The Morgan fingerprint density at radius 2 is 0.769 bits per heavy atom. The summed E-state index contributed by atoms with van der Waals surface area (Å²) in [7, 11) is 0. The predicted octanol–water partition coefficient (Wildman–Crippen LogP) is 3.35. The van der Waals surface area contributed by atoms with Crippen LogP contribution in [0.25, 0.3) is 11.1 Å². The SMILES string of the molecule is [Hf].c1ccc(-c2ccccc2)cc1. The minimum Gasteiger partial charge on any atom is -0.0622 e. The van der Waals surface area contributed by atoms with Gasteiger partial charge in [0.1, 0.15) is 0 Å². The van der Waals surface area contributed by atoms with Crippen molar-refractivity contribution in [3.8, 4) is 11.1 Å². The fraction of sp³-hybridized carbons (Fsp3) is 0. The normalized spacial score (nSPS) is 8.92. The molecular formula is C12H10Hf. The first-order valence-electron chi connectivity index (χ1n) is 4.07. The van der Waals surface area contributed by atoms with E-state index in [2.05, 4.69) is 48.5 Å². The van der Waals surface area contributed by atoms with Crippen LogP contribution in [0.4, 0.5) is 0 Å². The summed E-state index contributed by atoms with van der Waals surface area (Å²) in [6.45, 7) is 0. The van der Waals surface area contributed by atoms with E-state index >= 15 is 0 Å². The van der Waals surface area contributed by atoms with E-state index in [-0.39, 0.29) is 25.8 Å². The number of benzene rings is 2. The topological polar surface area (TPSA) is 0 Å². The molecule has 2 aromatic carbocycles. The Labute approximate surface area is 97.4 Å². The molecule has 0 aliphatic heterocycles. The van der Waals surface area contributed by atoms with E-state index in [4.69, 9.17) is 0 Å². The van der Waals surface area contributed by atoms with Crippen LogP contribution >= 0.6 is 0 Å². The van der Waals surface area contributed by atoms with Gasteiger partial charge < -0.3 is 0 Å². The molecule has 0 fully saturated rings. The largest absolute Gasteiger partial charge is 0.0622 e. The molecule has 0 atom stereocenters. The Morgan fingerprint density at radius 3 is 1.08 bits per heavy atom. The second-order valence-corrected chi connectivity index (χ2v) is 2.73. The summed E-state index contributed by atoms with van der Waals surface area (Å²) in [5.74, 6) is 0. The van der Waals surface area contributed by atoms with Gasteiger partial charge in [-0.05, 0) is 11.1 Å². The molecule has 0 radical (unpaired) electrons. The van der Waals surface area contributed by atoms with Gasteiger partial charge in [-0.1, -0.05) is 60.7 Å². The molecule has 0 saturated heterocycles. The first-order valence-corrected chi connectivity index (χ1v) is 4.07. The quantitative estimate of drug-likeness (QED) is 0.703. The van der Waals surface area contributed by atoms with Crippen LogP contribution < -0.4 is 0 Å². The Bertz CT molecular complexity index is 303. The zero-order valence-corrected chi connectivity index (χ0v) is 10.9. The summed E-state index contributed by atoms with van der Waals surface area (Å²) in [6, 6.07) is 20.8. The first-order chi connectivity index (χ1) is 5.97. The van der Waals surface area contributed by atoms with Gasteiger partial charge in [0.2, 0.25) is 0 Å². The molecule has 0 heterocycles. The third-order valence-electron chi connectivity index (χ3n) is 1.88. The molecule has 0 spiro atoms. The summed E-state index contributed by atoms with van der Waals surface area (Å²) in [5.41, 5.74) is 2.55. The van der Waals surface area contributed by atoms with E-state index in [1.807, 2.05) is 12.1 Å². The summed E-state index contributed by atoms with van der Waals surface area (Å²) < 4.78 is 0. The molecule has 0 aromatic heterocycles. The number of hydrogen-bond acceptors (Lipinski definition) is 0. The zero-order valence-electron chi connectivity index (χ0n) is 7.27. The fourth-order valence-electron chi connectivity index (χ4n) is 1.26. The van der Waals surface area contributed by atoms with Crippen LogP contribution in [0.15, 0.2) is 60.7 Å². The van der Waals surface area contributed by atoms with E-state index in [0.717, 1.165) is 0 Å². The molecule has 62 valence electrons. The van der Waals surface area contributed by atoms with Gasteiger partial charge in [-0.3, -0.25) is 0 Å². The number of hydrogen-bond donors (Lipinski definition) is 0. The van der Waals surface area contributed by atoms with Crippen molar-refractivity contribution in [3.05, 3.63) is 60.7 Å². The molecule has 0 aliphatic carbocycles. The van der Waals surface area contributed by atoms with Crippen molar-refractivity contribution >= 4 is 0 Å². The van der Waals surface area contributed by atoms with Crippen LogP contribution in [0.5, 0.6) is 0 Å². The molecule has 1 heteroatoms. The number of rotatable bonds is 1. The van der Waals surface area contributed by atoms with Crippen molar-refractivity contribution in [2.24, 2.45) is 0 Å². The van der Waals surface area contributed by atoms with E-state index in [1.54, 1.807) is 0 Å². The maximum absolute atomic E-state index is 2.12. The van der Waals surface area contributed by atoms with Crippen LogP contribution in [-0.2, 0) is 25.8 Å². The molecule has 0 unspecified atom stereocenters. The van der Waals surface area contributed by atoms with Gasteiger partial charge >= 0.3 is 0 Å². The van der Waals surface area contributed by atoms with Crippen LogP contribution in [0.1, 0.15) is 0 Å². The predicted molar refractivity (Wildman–Crippen MR) is 51.9 cm³/mol. The van der Waals surface area contributed by atoms with Crippen LogP contribution in [-0.4, -0.2) is 0 Å². The average Bonchev–Trinajstić information content (AvgIpc) is 2.21. The van der Waals surface area contributed by atoms with Crippen molar-refractivity contribution < 1.29 is 25.8 Å². The van der Waals surface area contributed by atoms with Crippen molar-refractivity contribution in [2.75, 3.05) is 0 Å². The molecular weight excluding hydrogens is 323 g/mol. The average molecular weight is 333 g/mol. The van der Waals surface area contributed by atoms with E-state index in [1.165, 1.54) is 11.1 Å². The monoisotopic (exact) mass is 334 g/mol. The Kier molecular flexibility index (Phi) is 4.10. The third kappa shape index (κ3) is 2.63. The first kappa shape index (κ1) is 10.4. The van der Waals surface area contributed by atoms with Crippen molar-refractivity contribution in [3.63, 3.8) is 0 Å². The van der Waals surface area contributed by atoms with Crippen LogP contribution in [0, 0.1) is 0 Å². The molecule has 0 nitrogen and oxygen atoms in total. The van der Waals surface area contributed by atoms with Crippen LogP contribution in [0.3, 0.4) is 0 Å². The molecule has 0 N–H and O–H groups in total. The van der Waals surface area contributed by atoms with Gasteiger partial charge in [0.15, 0.2) is 0 Å². The minimum absolute atomic E-state index is 0. The van der Waals surface area contributed by atoms with Crippen molar-refractivity contribution in [1.82, 2.24) is 0 Å². The van der Waals surface area contributed by atoms with Gasteiger partial charge in [0.25, 0.3) is 0 Å². The van der Waals surface area contributed by atoms with E-state index in [0.29, 0.717) is 0 Å². The second-order valence-electron chi connectivity index (χ2n) is 2.73. The van der Waals surface area contributed by atoms with Crippen LogP contribution in [0.2, 0.25) is 0 Å². The van der Waals surface area contributed by atoms with Crippen molar-refractivity contribution in [1.29, 1.82) is 0 Å². The van der Waals surface area contributed by atoms with Gasteiger partial charge in [-0.15, -0.1) is 0 Å². The Morgan fingerprint density at radius 1 is 0.462 bits per heavy atom. The summed E-state index contributed by atoms with van der Waals surface area (Å²) >= 11 is 0. The third-order valence-corrected chi connectivity index (χ3v) is 1.88. The van der Waals surface area contributed by atoms with E-state index in [9.17, 15) is 0 Å². The minimum atomic E-state index is 0. The van der Waals surface area contributed by atoms with Gasteiger partial charge in [0, 0.05) is 25.8 Å². The zero-order chi connectivity index (χ0) is 8.23. The molecule has 0 saturated carbocycles. The molecule has 0 amide bonds. The smallest absolute Gasteiger partial charge is 0 e. The van der Waals surface area contributed by atoms with Gasteiger partial charge in [-0.25, -0.2) is 0 Å². The maximum atomic E-state index is 2.12. The molecule has 13 heavy (non-hydrogen) atoms. The molecule has 2 aromatic rings. The standard InChI is InChI=1S/C12H10.Hf/c1-3-7-11(8-4-1)12-9-5-2-6-10-12;/h1-10H;. The summed E-state index contributed by atoms with van der Waals surface area (Å²) in [6.07, 6.45) is 0. The van der Waals surface area contributed by atoms with Crippen molar-refractivity contribution in [2.45, 2.75) is 0 Å². The van der Waals surface area contributed by atoms with Gasteiger partial charge in [0.05, 0.1) is 0 Å². The summed E-state index contributed by atoms with van der Waals surface area (Å²) in [5, 5.41) is 0. The van der Waals surface area contributed by atoms with E-state index < -0.39 is 0 Å². The second kappa shape index (κ2) is 5.13. The summed E-state index contributed by atoms with van der Waals surface area (Å²) in [4.78, 5) is 0. The molecule has 0 aliphatic rings. The Balaban J connectivity index is 0.000000845. The maximum Gasteiger partial charge on any atom is 0 e. The molecule has 0 bridgehead atoms. The fourth-order valence-corrected chi connectivity index (χ4v) is 1.26. The molecule has 2 rings (SSSR count). The Hall–Kier alpha value is -0.690.